The number of thiophene rings is 1. The molecular weight excluding hydrogens is 471 g/mol. The summed E-state index contributed by atoms with van der Waals surface area (Å²) < 4.78 is 15.1. The van der Waals surface area contributed by atoms with E-state index >= 15 is 0 Å². The molecule has 9 nitrogen and oxygen atoms in total. The molecule has 1 aliphatic rings. The number of benzene rings is 1. The van der Waals surface area contributed by atoms with Crippen molar-refractivity contribution in [2.75, 3.05) is 5.32 Å². The van der Waals surface area contributed by atoms with Crippen LogP contribution in [-0.2, 0) is 0 Å². The van der Waals surface area contributed by atoms with Crippen molar-refractivity contribution in [2.45, 2.75) is 45.4 Å². The molecule has 0 radical (unpaired) electrons. The Bertz CT molecular complexity index is 1420. The van der Waals surface area contributed by atoms with E-state index in [-0.39, 0.29) is 27.0 Å². The van der Waals surface area contributed by atoms with Gasteiger partial charge in [0, 0.05) is 12.0 Å². The number of halogens is 1. The Morgan fingerprint density at radius 1 is 1.17 bits per heavy atom. The highest BCUT2D eigenvalue weighted by Crippen LogP contribution is 2.42. The van der Waals surface area contributed by atoms with E-state index in [2.05, 4.69) is 24.3 Å². The summed E-state index contributed by atoms with van der Waals surface area (Å²) in [5, 5.41) is 18.7. The third-order valence-corrected chi connectivity index (χ3v) is 7.48. The lowest BCUT2D eigenvalue weighted by molar-refractivity contribution is -0.380. The zero-order valence-corrected chi connectivity index (χ0v) is 20.0. The van der Waals surface area contributed by atoms with Gasteiger partial charge >= 0.3 is 5.00 Å². The minimum atomic E-state index is -0.528. The largest absolute Gasteiger partial charge is 0.324 e. The van der Waals surface area contributed by atoms with Crippen molar-refractivity contribution < 1.29 is 14.1 Å². The summed E-state index contributed by atoms with van der Waals surface area (Å²) in [6.45, 7) is 4.51. The second-order valence-corrected chi connectivity index (χ2v) is 10.6. The normalized spacial score (nSPS) is 15.9. The van der Waals surface area contributed by atoms with E-state index in [9.17, 15) is 19.3 Å². The van der Waals surface area contributed by atoms with Crippen LogP contribution in [0, 0.1) is 21.3 Å². The first-order chi connectivity index (χ1) is 16.7. The van der Waals surface area contributed by atoms with E-state index in [4.69, 9.17) is 9.97 Å². The molecule has 0 atom stereocenters. The summed E-state index contributed by atoms with van der Waals surface area (Å²) in [6.07, 6.45) is 5.48. The number of amides is 1. The van der Waals surface area contributed by atoms with E-state index < -0.39 is 10.8 Å². The lowest BCUT2D eigenvalue weighted by Gasteiger charge is -2.33. The van der Waals surface area contributed by atoms with Crippen LogP contribution in [0.1, 0.15) is 60.9 Å². The van der Waals surface area contributed by atoms with Gasteiger partial charge in [0.2, 0.25) is 0 Å². The van der Waals surface area contributed by atoms with Gasteiger partial charge < -0.3 is 5.32 Å². The van der Waals surface area contributed by atoms with Crippen LogP contribution in [0.4, 0.5) is 15.2 Å². The van der Waals surface area contributed by atoms with Crippen LogP contribution in [0.15, 0.2) is 42.6 Å². The van der Waals surface area contributed by atoms with Gasteiger partial charge in [-0.2, -0.15) is 5.10 Å². The van der Waals surface area contributed by atoms with E-state index in [1.54, 1.807) is 23.0 Å². The van der Waals surface area contributed by atoms with Crippen LogP contribution in [0.5, 0.6) is 0 Å². The standard InChI is InChI=1S/C24H23FN6O3S/c1-24(2)11-9-14(10-12-24)20-27-21(29-23(32)18-7-8-19(35-18)31(33)34)17-13-26-30(22(17)28-20)16-5-3-15(25)4-6-16/h3-8,13-14H,9-12H2,1-2H3,(H,27,28,29,32). The first kappa shape index (κ1) is 23.0. The molecule has 11 heteroatoms. The average Bonchev–Trinajstić information content (AvgIpc) is 3.48. The number of nitrogens with zero attached hydrogens (tertiary/aromatic N) is 5. The van der Waals surface area contributed by atoms with Gasteiger partial charge in [0.25, 0.3) is 5.91 Å². The van der Waals surface area contributed by atoms with Crippen LogP contribution < -0.4 is 5.32 Å². The SMILES string of the molecule is CC1(C)CCC(c2nc(NC(=O)c3ccc([N+](=O)[O-])s3)c3cnn(-c4ccc(F)cc4)c3n2)CC1. The maximum absolute atomic E-state index is 13.5. The molecule has 0 unspecified atom stereocenters. The van der Waals surface area contributed by atoms with E-state index in [0.717, 1.165) is 37.0 Å². The van der Waals surface area contributed by atoms with Gasteiger partial charge in [-0.25, -0.2) is 19.0 Å². The van der Waals surface area contributed by atoms with Gasteiger partial charge in [-0.05, 0) is 61.4 Å². The van der Waals surface area contributed by atoms with Gasteiger partial charge in [0.15, 0.2) is 5.65 Å². The summed E-state index contributed by atoms with van der Waals surface area (Å²) in [7, 11) is 0. The summed E-state index contributed by atoms with van der Waals surface area (Å²) in [6, 6.07) is 8.63. The minimum Gasteiger partial charge on any atom is -0.305 e. The summed E-state index contributed by atoms with van der Waals surface area (Å²) in [5.41, 5.74) is 1.39. The lowest BCUT2D eigenvalue weighted by atomic mass is 9.73. The molecule has 1 saturated carbocycles. The zero-order chi connectivity index (χ0) is 24.7. The number of nitro groups is 1. The van der Waals surface area contributed by atoms with Crippen molar-refractivity contribution >= 4 is 39.1 Å². The van der Waals surface area contributed by atoms with Crippen molar-refractivity contribution in [1.82, 2.24) is 19.7 Å². The number of anilines is 1. The highest BCUT2D eigenvalue weighted by atomic mass is 32.1. The Morgan fingerprint density at radius 3 is 2.54 bits per heavy atom. The van der Waals surface area contributed by atoms with Crippen molar-refractivity contribution in [3.05, 3.63) is 69.2 Å². The molecule has 0 spiro atoms. The summed E-state index contributed by atoms with van der Waals surface area (Å²) in [5.74, 6) is 0.188. The molecule has 1 fully saturated rings. The molecule has 35 heavy (non-hydrogen) atoms. The third-order valence-electron chi connectivity index (χ3n) is 6.45. The first-order valence-electron chi connectivity index (χ1n) is 11.3. The van der Waals surface area contributed by atoms with Crippen molar-refractivity contribution in [3.8, 4) is 5.69 Å². The molecule has 4 aromatic rings. The number of fused-ring (bicyclic) bond motifs is 1. The van der Waals surface area contributed by atoms with E-state index in [1.807, 2.05) is 0 Å². The molecule has 0 aliphatic heterocycles. The zero-order valence-electron chi connectivity index (χ0n) is 19.2. The molecule has 5 rings (SSSR count). The van der Waals surface area contributed by atoms with Crippen LogP contribution in [-0.4, -0.2) is 30.6 Å². The average molecular weight is 495 g/mol. The van der Waals surface area contributed by atoms with Gasteiger partial charge in [-0.3, -0.25) is 14.9 Å². The molecule has 1 N–H and O–H groups in total. The van der Waals surface area contributed by atoms with Gasteiger partial charge in [-0.15, -0.1) is 0 Å². The maximum Gasteiger partial charge on any atom is 0.324 e. The molecule has 180 valence electrons. The van der Waals surface area contributed by atoms with Gasteiger partial charge in [-0.1, -0.05) is 25.2 Å². The Balaban J connectivity index is 1.56. The smallest absolute Gasteiger partial charge is 0.305 e. The number of carbonyl (C=O) groups is 1. The van der Waals surface area contributed by atoms with Crippen molar-refractivity contribution in [1.29, 1.82) is 0 Å². The number of aromatic nitrogens is 4. The minimum absolute atomic E-state index is 0.113. The number of carbonyl (C=O) groups excluding carboxylic acids is 1. The summed E-state index contributed by atoms with van der Waals surface area (Å²) in [4.78, 5) is 33.2. The predicted octanol–water partition coefficient (Wildman–Crippen LogP) is 5.86. The number of rotatable bonds is 5. The van der Waals surface area contributed by atoms with Crippen LogP contribution in [0.3, 0.4) is 0 Å². The Labute approximate surface area is 204 Å². The van der Waals surface area contributed by atoms with Crippen LogP contribution in [0.2, 0.25) is 0 Å². The highest BCUT2D eigenvalue weighted by molar-refractivity contribution is 7.17. The van der Waals surface area contributed by atoms with Crippen LogP contribution >= 0.6 is 11.3 Å². The molecule has 1 aliphatic carbocycles. The van der Waals surface area contributed by atoms with E-state index in [1.165, 1.54) is 24.3 Å². The highest BCUT2D eigenvalue weighted by Gasteiger charge is 2.30. The Kier molecular flexibility index (Phi) is 5.79. The van der Waals surface area contributed by atoms with Crippen molar-refractivity contribution in [3.63, 3.8) is 0 Å². The Morgan fingerprint density at radius 2 is 1.89 bits per heavy atom. The summed E-state index contributed by atoms with van der Waals surface area (Å²) >= 11 is 0.798. The molecule has 3 aromatic heterocycles. The molecule has 0 saturated heterocycles. The molecule has 3 heterocycles. The van der Waals surface area contributed by atoms with Gasteiger partial charge in [0.05, 0.1) is 27.1 Å². The third kappa shape index (κ3) is 4.63. The monoisotopic (exact) mass is 494 g/mol. The molecular formula is C24H23FN6O3S. The second kappa shape index (κ2) is 8.81. The number of hydrogen-bond acceptors (Lipinski definition) is 7. The fraction of sp³-hybridized carbons (Fsp3) is 0.333. The number of hydrogen-bond donors (Lipinski definition) is 1. The predicted molar refractivity (Wildman–Crippen MR) is 131 cm³/mol. The van der Waals surface area contributed by atoms with Crippen LogP contribution in [0.25, 0.3) is 16.7 Å². The quantitative estimate of drug-likeness (QED) is 0.274. The lowest BCUT2D eigenvalue weighted by Crippen LogP contribution is -2.22. The fourth-order valence-electron chi connectivity index (χ4n) is 4.35. The maximum atomic E-state index is 13.5. The van der Waals surface area contributed by atoms with Crippen molar-refractivity contribution in [2.24, 2.45) is 5.41 Å². The molecule has 1 aromatic carbocycles. The topological polar surface area (TPSA) is 116 Å². The Hall–Kier alpha value is -3.73. The second-order valence-electron chi connectivity index (χ2n) is 9.49. The molecule has 0 bridgehead atoms. The van der Waals surface area contributed by atoms with E-state index in [0.29, 0.717) is 28.4 Å². The molecule has 1 amide bonds. The van der Waals surface area contributed by atoms with Gasteiger partial charge in [0.1, 0.15) is 17.5 Å². The first-order valence-corrected chi connectivity index (χ1v) is 12.1. The fourth-order valence-corrected chi connectivity index (χ4v) is 5.06. The number of nitrogens with one attached hydrogen (secondary N) is 1.